The maximum absolute atomic E-state index is 14.3. The minimum Gasteiger partial charge on any atom is -0.469 e. The van der Waals surface area contributed by atoms with Crippen molar-refractivity contribution in [1.82, 2.24) is 4.90 Å². The fraction of sp³-hybridized carbons (Fsp3) is 0.346. The van der Waals surface area contributed by atoms with Gasteiger partial charge in [-0.1, -0.05) is 80.4 Å². The van der Waals surface area contributed by atoms with Crippen molar-refractivity contribution in [2.24, 2.45) is 0 Å². The highest BCUT2D eigenvalue weighted by molar-refractivity contribution is 5.92. The molecule has 0 unspecified atom stereocenters. The first kappa shape index (κ1) is 19.5. The Morgan fingerprint density at radius 3 is 2.28 bits per heavy atom. The summed E-state index contributed by atoms with van der Waals surface area (Å²) in [5.74, 6) is 1.23. The SMILES string of the molecule is CCCCC(C(=O)N1CCCc2occc2C1)(c1ccccc1)c1ccccc1. The maximum Gasteiger partial charge on any atom is 0.237 e. The molecule has 0 saturated heterocycles. The molecule has 1 amide bonds. The number of furan rings is 1. The van der Waals surface area contributed by atoms with Gasteiger partial charge in [0.25, 0.3) is 0 Å². The highest BCUT2D eigenvalue weighted by Crippen LogP contribution is 2.40. The van der Waals surface area contributed by atoms with Crippen LogP contribution in [0.1, 0.15) is 55.1 Å². The number of hydrogen-bond acceptors (Lipinski definition) is 2. The molecule has 0 N–H and O–H groups in total. The molecule has 2 heterocycles. The van der Waals surface area contributed by atoms with Crippen LogP contribution in [0.15, 0.2) is 77.4 Å². The van der Waals surface area contributed by atoms with E-state index in [1.165, 1.54) is 0 Å². The van der Waals surface area contributed by atoms with Gasteiger partial charge in [0.1, 0.15) is 5.76 Å². The van der Waals surface area contributed by atoms with Crippen molar-refractivity contribution in [3.05, 3.63) is 95.4 Å². The summed E-state index contributed by atoms with van der Waals surface area (Å²) in [5, 5.41) is 0. The molecule has 29 heavy (non-hydrogen) atoms. The molecule has 1 aliphatic rings. The summed E-state index contributed by atoms with van der Waals surface area (Å²) in [6, 6.07) is 22.7. The van der Waals surface area contributed by atoms with Gasteiger partial charge in [-0.3, -0.25) is 4.79 Å². The molecule has 0 atom stereocenters. The van der Waals surface area contributed by atoms with Crippen molar-refractivity contribution in [2.45, 2.75) is 51.0 Å². The van der Waals surface area contributed by atoms with Gasteiger partial charge in [0.2, 0.25) is 5.91 Å². The number of aryl methyl sites for hydroxylation is 1. The quantitative estimate of drug-likeness (QED) is 0.541. The summed E-state index contributed by atoms with van der Waals surface area (Å²) in [6.07, 6.45) is 6.44. The van der Waals surface area contributed by atoms with Gasteiger partial charge >= 0.3 is 0 Å². The van der Waals surface area contributed by atoms with Gasteiger partial charge in [-0.25, -0.2) is 0 Å². The second-order valence-electron chi connectivity index (χ2n) is 7.94. The summed E-state index contributed by atoms with van der Waals surface area (Å²) in [6.45, 7) is 3.57. The van der Waals surface area contributed by atoms with E-state index in [0.29, 0.717) is 6.54 Å². The van der Waals surface area contributed by atoms with Gasteiger partial charge in [0, 0.05) is 25.1 Å². The van der Waals surface area contributed by atoms with Crippen LogP contribution in [-0.2, 0) is 23.2 Å². The first-order chi connectivity index (χ1) is 14.3. The second kappa shape index (κ2) is 8.69. The molecule has 1 aliphatic heterocycles. The fourth-order valence-corrected chi connectivity index (χ4v) is 4.58. The van der Waals surface area contributed by atoms with Crippen LogP contribution >= 0.6 is 0 Å². The van der Waals surface area contributed by atoms with Gasteiger partial charge in [0.15, 0.2) is 0 Å². The summed E-state index contributed by atoms with van der Waals surface area (Å²) in [5.41, 5.74) is 2.65. The highest BCUT2D eigenvalue weighted by Gasteiger charge is 2.44. The summed E-state index contributed by atoms with van der Waals surface area (Å²) in [4.78, 5) is 16.4. The highest BCUT2D eigenvalue weighted by atomic mass is 16.3. The average Bonchev–Trinajstić information content (AvgIpc) is 3.12. The Morgan fingerprint density at radius 1 is 1.00 bits per heavy atom. The average molecular weight is 388 g/mol. The van der Waals surface area contributed by atoms with Gasteiger partial charge in [-0.2, -0.15) is 0 Å². The predicted molar refractivity (Wildman–Crippen MR) is 116 cm³/mol. The molecule has 0 spiro atoms. The van der Waals surface area contributed by atoms with Crippen molar-refractivity contribution in [3.8, 4) is 0 Å². The van der Waals surface area contributed by atoms with Crippen molar-refractivity contribution in [2.75, 3.05) is 6.54 Å². The van der Waals surface area contributed by atoms with E-state index >= 15 is 0 Å². The number of benzene rings is 2. The van der Waals surface area contributed by atoms with Crippen LogP contribution in [-0.4, -0.2) is 17.4 Å². The predicted octanol–water partition coefficient (Wildman–Crippen LogP) is 5.73. The van der Waals surface area contributed by atoms with E-state index in [4.69, 9.17) is 4.42 Å². The third kappa shape index (κ3) is 3.74. The number of carbonyl (C=O) groups excluding carboxylic acids is 1. The summed E-state index contributed by atoms with van der Waals surface area (Å²) >= 11 is 0. The van der Waals surface area contributed by atoms with E-state index in [9.17, 15) is 4.79 Å². The van der Waals surface area contributed by atoms with Crippen LogP contribution in [0.2, 0.25) is 0 Å². The Kier molecular flexibility index (Phi) is 5.84. The first-order valence-electron chi connectivity index (χ1n) is 10.7. The lowest BCUT2D eigenvalue weighted by molar-refractivity contribution is -0.137. The molecule has 1 aromatic heterocycles. The van der Waals surface area contributed by atoms with E-state index in [0.717, 1.165) is 61.1 Å². The summed E-state index contributed by atoms with van der Waals surface area (Å²) in [7, 11) is 0. The Balaban J connectivity index is 1.82. The topological polar surface area (TPSA) is 33.5 Å². The van der Waals surface area contributed by atoms with Crippen LogP contribution < -0.4 is 0 Å². The third-order valence-corrected chi connectivity index (χ3v) is 6.12. The van der Waals surface area contributed by atoms with Gasteiger partial charge < -0.3 is 9.32 Å². The number of fused-ring (bicyclic) bond motifs is 1. The fourth-order valence-electron chi connectivity index (χ4n) is 4.58. The lowest BCUT2D eigenvalue weighted by Gasteiger charge is -2.38. The molecule has 3 nitrogen and oxygen atoms in total. The molecular weight excluding hydrogens is 358 g/mol. The molecule has 0 aliphatic carbocycles. The van der Waals surface area contributed by atoms with Gasteiger partial charge in [-0.05, 0) is 30.0 Å². The van der Waals surface area contributed by atoms with E-state index in [-0.39, 0.29) is 5.91 Å². The summed E-state index contributed by atoms with van der Waals surface area (Å²) < 4.78 is 5.65. The van der Waals surface area contributed by atoms with Crippen LogP contribution in [0.25, 0.3) is 0 Å². The Morgan fingerprint density at radius 2 is 1.66 bits per heavy atom. The molecule has 0 radical (unpaired) electrons. The maximum atomic E-state index is 14.3. The number of nitrogens with zero attached hydrogens (tertiary/aromatic N) is 1. The van der Waals surface area contributed by atoms with Gasteiger partial charge in [-0.15, -0.1) is 0 Å². The Bertz CT molecular complexity index is 890. The number of carbonyl (C=O) groups is 1. The number of hydrogen-bond donors (Lipinski definition) is 0. The number of rotatable bonds is 6. The van der Waals surface area contributed by atoms with Crippen LogP contribution in [0.5, 0.6) is 0 Å². The minimum atomic E-state index is -0.660. The van der Waals surface area contributed by atoms with E-state index in [1.807, 2.05) is 42.5 Å². The van der Waals surface area contributed by atoms with Crippen LogP contribution in [0.3, 0.4) is 0 Å². The van der Waals surface area contributed by atoms with E-state index in [1.54, 1.807) is 6.26 Å². The molecular formula is C26H29NO2. The second-order valence-corrected chi connectivity index (χ2v) is 7.94. The Labute approximate surface area is 173 Å². The molecule has 150 valence electrons. The normalized spacial score (nSPS) is 14.3. The van der Waals surface area contributed by atoms with Crippen LogP contribution in [0, 0.1) is 0 Å². The molecule has 3 heteroatoms. The van der Waals surface area contributed by atoms with Crippen molar-refractivity contribution in [3.63, 3.8) is 0 Å². The van der Waals surface area contributed by atoms with Crippen LogP contribution in [0.4, 0.5) is 0 Å². The monoisotopic (exact) mass is 387 g/mol. The minimum absolute atomic E-state index is 0.206. The lowest BCUT2D eigenvalue weighted by Crippen LogP contribution is -2.47. The number of amides is 1. The molecule has 4 rings (SSSR count). The molecule has 3 aromatic rings. The standard InChI is InChI=1S/C26H29NO2/c1-2-3-17-26(22-11-6-4-7-12-22,23-13-8-5-9-14-23)25(28)27-18-10-15-24-21(20-27)16-19-29-24/h4-9,11-14,16,19H,2-3,10,15,17-18,20H2,1H3. The molecule has 0 bridgehead atoms. The van der Waals surface area contributed by atoms with Crippen molar-refractivity contribution >= 4 is 5.91 Å². The zero-order valence-electron chi connectivity index (χ0n) is 17.1. The lowest BCUT2D eigenvalue weighted by atomic mass is 9.70. The first-order valence-corrected chi connectivity index (χ1v) is 10.7. The third-order valence-electron chi connectivity index (χ3n) is 6.12. The molecule has 0 saturated carbocycles. The Hall–Kier alpha value is -2.81. The smallest absolute Gasteiger partial charge is 0.237 e. The van der Waals surface area contributed by atoms with E-state index < -0.39 is 5.41 Å². The largest absolute Gasteiger partial charge is 0.469 e. The number of unbranched alkanes of at least 4 members (excludes halogenated alkanes) is 1. The molecule has 0 fully saturated rings. The zero-order chi connectivity index (χ0) is 20.1. The van der Waals surface area contributed by atoms with E-state index in [2.05, 4.69) is 36.1 Å². The zero-order valence-corrected chi connectivity index (χ0v) is 17.1. The van der Waals surface area contributed by atoms with Crippen molar-refractivity contribution < 1.29 is 9.21 Å². The molecule has 2 aromatic carbocycles. The van der Waals surface area contributed by atoms with Gasteiger partial charge in [0.05, 0.1) is 11.7 Å². The van der Waals surface area contributed by atoms with Crippen molar-refractivity contribution in [1.29, 1.82) is 0 Å².